The molecule has 0 spiro atoms. The lowest BCUT2D eigenvalue weighted by atomic mass is 10.0. The van der Waals surface area contributed by atoms with Crippen molar-refractivity contribution in [1.29, 1.82) is 0 Å². The predicted octanol–water partition coefficient (Wildman–Crippen LogP) is -0.0600. The van der Waals surface area contributed by atoms with E-state index in [1.165, 1.54) is 6.92 Å². The number of aliphatic hydroxyl groups is 3. The van der Waals surface area contributed by atoms with Gasteiger partial charge in [0.1, 0.15) is 24.1 Å². The van der Waals surface area contributed by atoms with Crippen molar-refractivity contribution in [2.75, 3.05) is 20.3 Å². The first-order chi connectivity index (χ1) is 12.4. The largest absolute Gasteiger partial charge is 0.497 e. The number of hydrogen-bond donors (Lipinski definition) is 4. The second-order valence-corrected chi connectivity index (χ2v) is 6.45. The Balaban J connectivity index is 1.98. The zero-order valence-corrected chi connectivity index (χ0v) is 14.8. The lowest BCUT2D eigenvalue weighted by Crippen LogP contribution is -2.50. The number of aliphatic hydroxyl groups excluding tert-OH is 3. The average molecular weight is 364 g/mol. The van der Waals surface area contributed by atoms with Crippen molar-refractivity contribution in [3.05, 3.63) is 30.0 Å². The van der Waals surface area contributed by atoms with Gasteiger partial charge in [-0.15, -0.1) is 0 Å². The fourth-order valence-electron chi connectivity index (χ4n) is 3.25. The Hall–Kier alpha value is -2.13. The van der Waals surface area contributed by atoms with Crippen molar-refractivity contribution in [3.8, 4) is 5.75 Å². The number of nitrogens with one attached hydrogen (secondary N) is 1. The third-order valence-electron chi connectivity index (χ3n) is 4.64. The van der Waals surface area contributed by atoms with Crippen LogP contribution in [-0.4, -0.2) is 64.4 Å². The first kappa shape index (κ1) is 18.7. The molecule has 1 fully saturated rings. The van der Waals surface area contributed by atoms with E-state index in [2.05, 4.69) is 5.32 Å². The minimum Gasteiger partial charge on any atom is -0.497 e. The van der Waals surface area contributed by atoms with Crippen LogP contribution in [0.4, 0.5) is 0 Å². The van der Waals surface area contributed by atoms with Crippen LogP contribution in [0.2, 0.25) is 0 Å². The summed E-state index contributed by atoms with van der Waals surface area (Å²) in [6, 6.07) is 5.54. The van der Waals surface area contributed by atoms with Crippen LogP contribution < -0.4 is 10.1 Å². The number of benzene rings is 1. The molecule has 2 heterocycles. The van der Waals surface area contributed by atoms with E-state index in [4.69, 9.17) is 9.47 Å². The Morgan fingerprint density at radius 3 is 2.81 bits per heavy atom. The minimum absolute atomic E-state index is 0.0695. The molecule has 0 saturated carbocycles. The summed E-state index contributed by atoms with van der Waals surface area (Å²) in [4.78, 5) is 11.1. The zero-order valence-electron chi connectivity index (χ0n) is 14.8. The molecule has 4 atom stereocenters. The summed E-state index contributed by atoms with van der Waals surface area (Å²) in [6.45, 7) is 1.87. The maximum atomic E-state index is 11.1. The number of aromatic nitrogens is 1. The van der Waals surface area contributed by atoms with Crippen molar-refractivity contribution >= 4 is 16.8 Å². The second kappa shape index (κ2) is 7.63. The lowest BCUT2D eigenvalue weighted by Gasteiger charge is -2.36. The zero-order chi connectivity index (χ0) is 18.8. The molecule has 0 bridgehead atoms. The van der Waals surface area contributed by atoms with Crippen LogP contribution in [-0.2, 0) is 16.0 Å². The summed E-state index contributed by atoms with van der Waals surface area (Å²) in [7, 11) is 1.58. The molecular weight excluding hydrogens is 340 g/mol. The van der Waals surface area contributed by atoms with Gasteiger partial charge in [-0.3, -0.25) is 4.79 Å². The van der Waals surface area contributed by atoms with E-state index in [9.17, 15) is 20.1 Å². The molecule has 1 aliphatic heterocycles. The van der Waals surface area contributed by atoms with Crippen molar-refractivity contribution < 1.29 is 29.6 Å². The van der Waals surface area contributed by atoms with Gasteiger partial charge in [0.15, 0.2) is 6.23 Å². The first-order valence-corrected chi connectivity index (χ1v) is 8.50. The summed E-state index contributed by atoms with van der Waals surface area (Å²) in [5.74, 6) is 0.589. The van der Waals surface area contributed by atoms with E-state index in [-0.39, 0.29) is 12.5 Å². The average Bonchev–Trinajstić information content (AvgIpc) is 2.97. The number of rotatable bonds is 5. The minimum atomic E-state index is -1.28. The third-order valence-corrected chi connectivity index (χ3v) is 4.64. The third kappa shape index (κ3) is 3.54. The molecule has 0 aliphatic carbocycles. The highest BCUT2D eigenvalue weighted by Crippen LogP contribution is 2.33. The monoisotopic (exact) mass is 364 g/mol. The SMILES string of the molecule is COc1ccc2c(c1)c(CCNC(C)=O)cn2[C@H]1OC[C@@H](O)[C@@H](O)[C@@H]1O. The van der Waals surface area contributed by atoms with E-state index in [0.29, 0.717) is 18.7 Å². The van der Waals surface area contributed by atoms with Gasteiger partial charge >= 0.3 is 0 Å². The molecule has 142 valence electrons. The summed E-state index contributed by atoms with van der Waals surface area (Å²) >= 11 is 0. The van der Waals surface area contributed by atoms with Crippen LogP contribution in [0.15, 0.2) is 24.4 Å². The Morgan fingerprint density at radius 2 is 2.12 bits per heavy atom. The molecular formula is C18H24N2O6. The highest BCUT2D eigenvalue weighted by atomic mass is 16.5. The number of carbonyl (C=O) groups excluding carboxylic acids is 1. The molecule has 1 amide bonds. The Kier molecular flexibility index (Phi) is 5.47. The second-order valence-electron chi connectivity index (χ2n) is 6.45. The van der Waals surface area contributed by atoms with Crippen molar-refractivity contribution in [3.63, 3.8) is 0 Å². The van der Waals surface area contributed by atoms with Crippen LogP contribution in [0.1, 0.15) is 18.7 Å². The van der Waals surface area contributed by atoms with Crippen molar-refractivity contribution in [2.45, 2.75) is 37.9 Å². The summed E-state index contributed by atoms with van der Waals surface area (Å²) < 4.78 is 12.6. The Labute approximate surface area is 150 Å². The van der Waals surface area contributed by atoms with E-state index < -0.39 is 24.5 Å². The smallest absolute Gasteiger partial charge is 0.216 e. The molecule has 8 heteroatoms. The molecule has 1 aromatic carbocycles. The lowest BCUT2D eigenvalue weighted by molar-refractivity contribution is -0.209. The maximum Gasteiger partial charge on any atom is 0.216 e. The maximum absolute atomic E-state index is 11.1. The van der Waals surface area contributed by atoms with Gasteiger partial charge in [-0.1, -0.05) is 0 Å². The van der Waals surface area contributed by atoms with Crippen LogP contribution in [0, 0.1) is 0 Å². The van der Waals surface area contributed by atoms with Crippen LogP contribution in [0.25, 0.3) is 10.9 Å². The number of fused-ring (bicyclic) bond motifs is 1. The number of hydrogen-bond acceptors (Lipinski definition) is 6. The molecule has 0 radical (unpaired) electrons. The molecule has 2 aromatic rings. The van der Waals surface area contributed by atoms with Gasteiger partial charge in [0.2, 0.25) is 5.91 Å². The van der Waals surface area contributed by atoms with Gasteiger partial charge < -0.3 is 34.7 Å². The Bertz CT molecular complexity index is 789. The topological polar surface area (TPSA) is 113 Å². The number of methoxy groups -OCH3 is 1. The summed E-state index contributed by atoms with van der Waals surface area (Å²) in [5.41, 5.74) is 1.75. The highest BCUT2D eigenvalue weighted by Gasteiger charge is 2.39. The van der Waals surface area contributed by atoms with Gasteiger partial charge in [-0.25, -0.2) is 0 Å². The molecule has 4 N–H and O–H groups in total. The van der Waals surface area contributed by atoms with Crippen molar-refractivity contribution in [1.82, 2.24) is 9.88 Å². The van der Waals surface area contributed by atoms with Crippen LogP contribution >= 0.6 is 0 Å². The molecule has 26 heavy (non-hydrogen) atoms. The van der Waals surface area contributed by atoms with Gasteiger partial charge in [0.25, 0.3) is 0 Å². The number of nitrogens with zero attached hydrogens (tertiary/aromatic N) is 1. The number of carbonyl (C=O) groups is 1. The van der Waals surface area contributed by atoms with Crippen LogP contribution in [0.3, 0.4) is 0 Å². The van der Waals surface area contributed by atoms with E-state index in [1.54, 1.807) is 17.7 Å². The summed E-state index contributed by atoms with van der Waals surface area (Å²) in [6.07, 6.45) is -2.07. The van der Waals surface area contributed by atoms with Crippen molar-refractivity contribution in [2.24, 2.45) is 0 Å². The molecule has 1 saturated heterocycles. The number of ether oxygens (including phenoxy) is 2. The van der Waals surface area contributed by atoms with Crippen LogP contribution in [0.5, 0.6) is 5.75 Å². The quantitative estimate of drug-likeness (QED) is 0.591. The van der Waals surface area contributed by atoms with E-state index in [0.717, 1.165) is 16.5 Å². The van der Waals surface area contributed by atoms with Gasteiger partial charge in [0, 0.05) is 25.1 Å². The fourth-order valence-corrected chi connectivity index (χ4v) is 3.25. The molecule has 8 nitrogen and oxygen atoms in total. The van der Waals surface area contributed by atoms with Gasteiger partial charge in [-0.2, -0.15) is 0 Å². The standard InChI is InChI=1S/C18H24N2O6/c1-10(21)19-6-5-11-8-20(14-4-3-12(25-2)7-13(11)14)18-17(24)16(23)15(22)9-26-18/h3-4,7-8,15-18,22-24H,5-6,9H2,1-2H3,(H,19,21)/t15-,16-,17+,18+/m1/s1. The normalized spacial score (nSPS) is 26.0. The summed E-state index contributed by atoms with van der Waals surface area (Å²) in [5, 5.41) is 33.7. The highest BCUT2D eigenvalue weighted by molar-refractivity contribution is 5.85. The first-order valence-electron chi connectivity index (χ1n) is 8.50. The molecule has 1 aromatic heterocycles. The fraction of sp³-hybridized carbons (Fsp3) is 0.500. The van der Waals surface area contributed by atoms with E-state index >= 15 is 0 Å². The Morgan fingerprint density at radius 1 is 1.35 bits per heavy atom. The van der Waals surface area contributed by atoms with Gasteiger partial charge in [-0.05, 0) is 30.2 Å². The number of amides is 1. The van der Waals surface area contributed by atoms with Gasteiger partial charge in [0.05, 0.1) is 19.2 Å². The predicted molar refractivity (Wildman–Crippen MR) is 93.9 cm³/mol. The molecule has 0 unspecified atom stereocenters. The molecule has 3 rings (SSSR count). The van der Waals surface area contributed by atoms with E-state index in [1.807, 2.05) is 18.3 Å². The molecule has 1 aliphatic rings.